The standard InChI is InChI=1S/C13H21N3O3/c1-3-5-7-14-9-10(12(18)11(9)17)16-13(19)15-8-6-4-2/h14H,3-8H2,1-2H3,(H2,15,16,19). The van der Waals surface area contributed by atoms with Crippen LogP contribution in [0.3, 0.4) is 0 Å². The first kappa shape index (κ1) is 15.2. The number of hydrogen-bond acceptors (Lipinski definition) is 4. The van der Waals surface area contributed by atoms with Crippen molar-refractivity contribution in [1.82, 2.24) is 5.32 Å². The molecule has 1 aromatic carbocycles. The highest BCUT2D eigenvalue weighted by atomic mass is 16.2. The molecule has 0 spiro atoms. The second kappa shape index (κ2) is 7.56. The van der Waals surface area contributed by atoms with Crippen LogP contribution in [0.5, 0.6) is 0 Å². The first-order chi connectivity index (χ1) is 9.11. The second-order valence-corrected chi connectivity index (χ2v) is 4.42. The van der Waals surface area contributed by atoms with Gasteiger partial charge in [-0.3, -0.25) is 9.59 Å². The third-order valence-corrected chi connectivity index (χ3v) is 2.80. The van der Waals surface area contributed by atoms with E-state index in [1.165, 1.54) is 0 Å². The predicted octanol–water partition coefficient (Wildman–Crippen LogP) is 1.42. The molecule has 19 heavy (non-hydrogen) atoms. The molecule has 0 heterocycles. The van der Waals surface area contributed by atoms with Crippen LogP contribution in [0, 0.1) is 0 Å². The lowest BCUT2D eigenvalue weighted by atomic mass is 10.2. The molecule has 1 rings (SSSR count). The van der Waals surface area contributed by atoms with Gasteiger partial charge < -0.3 is 16.0 Å². The van der Waals surface area contributed by atoms with Gasteiger partial charge in [-0.25, -0.2) is 4.79 Å². The SMILES string of the molecule is CCCCNC(=O)Nc1c(NCCCC)c(=O)c1=O. The quantitative estimate of drug-likeness (QED) is 0.491. The number of carbonyl (C=O) groups excluding carboxylic acids is 1. The Balaban J connectivity index is 2.53. The van der Waals surface area contributed by atoms with Crippen LogP contribution >= 0.6 is 0 Å². The fourth-order valence-electron chi connectivity index (χ4n) is 1.61. The van der Waals surface area contributed by atoms with E-state index in [-0.39, 0.29) is 11.4 Å². The van der Waals surface area contributed by atoms with Crippen LogP contribution in [0.15, 0.2) is 9.59 Å². The minimum Gasteiger partial charge on any atom is -0.380 e. The van der Waals surface area contributed by atoms with Crippen molar-refractivity contribution in [2.75, 3.05) is 23.7 Å². The number of nitrogens with one attached hydrogen (secondary N) is 3. The summed E-state index contributed by atoms with van der Waals surface area (Å²) in [6, 6.07) is -0.445. The minimum atomic E-state index is -0.635. The van der Waals surface area contributed by atoms with E-state index in [9.17, 15) is 14.4 Å². The Hall–Kier alpha value is -1.85. The summed E-state index contributed by atoms with van der Waals surface area (Å²) in [4.78, 5) is 34.2. The van der Waals surface area contributed by atoms with E-state index < -0.39 is 16.9 Å². The van der Waals surface area contributed by atoms with Gasteiger partial charge in [0.05, 0.1) is 0 Å². The molecule has 0 atom stereocenters. The van der Waals surface area contributed by atoms with Crippen molar-refractivity contribution in [3.05, 3.63) is 20.4 Å². The van der Waals surface area contributed by atoms with E-state index in [1.54, 1.807) is 0 Å². The Kier molecular flexibility index (Phi) is 6.05. The molecular weight excluding hydrogens is 246 g/mol. The Morgan fingerprint density at radius 3 is 2.16 bits per heavy atom. The van der Waals surface area contributed by atoms with Gasteiger partial charge in [-0.15, -0.1) is 0 Å². The van der Waals surface area contributed by atoms with Crippen LogP contribution in [0.1, 0.15) is 39.5 Å². The second-order valence-electron chi connectivity index (χ2n) is 4.42. The number of urea groups is 1. The van der Waals surface area contributed by atoms with Gasteiger partial charge in [0, 0.05) is 13.1 Å². The van der Waals surface area contributed by atoms with E-state index in [2.05, 4.69) is 16.0 Å². The zero-order chi connectivity index (χ0) is 14.3. The molecule has 0 saturated carbocycles. The summed E-state index contributed by atoms with van der Waals surface area (Å²) >= 11 is 0. The molecule has 0 radical (unpaired) electrons. The van der Waals surface area contributed by atoms with Crippen LogP contribution in [-0.4, -0.2) is 19.1 Å². The molecule has 106 valence electrons. The van der Waals surface area contributed by atoms with Gasteiger partial charge in [0.25, 0.3) is 10.9 Å². The normalized spacial score (nSPS) is 10.4. The van der Waals surface area contributed by atoms with Crippen LogP contribution in [0.4, 0.5) is 16.2 Å². The topological polar surface area (TPSA) is 87.3 Å². The molecule has 0 aliphatic carbocycles. The fourth-order valence-corrected chi connectivity index (χ4v) is 1.61. The van der Waals surface area contributed by atoms with E-state index in [0.29, 0.717) is 13.1 Å². The first-order valence-corrected chi connectivity index (χ1v) is 6.73. The maximum atomic E-state index is 11.5. The molecule has 6 heteroatoms. The summed E-state index contributed by atoms with van der Waals surface area (Å²) in [6.07, 6.45) is 3.74. The fraction of sp³-hybridized carbons (Fsp3) is 0.615. The average molecular weight is 267 g/mol. The van der Waals surface area contributed by atoms with E-state index in [0.717, 1.165) is 25.7 Å². The van der Waals surface area contributed by atoms with E-state index in [1.807, 2.05) is 13.8 Å². The van der Waals surface area contributed by atoms with Gasteiger partial charge in [-0.2, -0.15) is 0 Å². The summed E-state index contributed by atoms with van der Waals surface area (Å²) < 4.78 is 0. The van der Waals surface area contributed by atoms with Gasteiger partial charge >= 0.3 is 6.03 Å². The van der Waals surface area contributed by atoms with Gasteiger partial charge in [0.2, 0.25) is 0 Å². The van der Waals surface area contributed by atoms with Gasteiger partial charge in [0.15, 0.2) is 0 Å². The lowest BCUT2D eigenvalue weighted by molar-refractivity contribution is 0.252. The van der Waals surface area contributed by atoms with E-state index >= 15 is 0 Å². The highest BCUT2D eigenvalue weighted by molar-refractivity contribution is 5.94. The summed E-state index contributed by atoms with van der Waals surface area (Å²) in [5.41, 5.74) is -0.885. The summed E-state index contributed by atoms with van der Waals surface area (Å²) in [7, 11) is 0. The Morgan fingerprint density at radius 1 is 0.947 bits per heavy atom. The maximum Gasteiger partial charge on any atom is 0.319 e. The largest absolute Gasteiger partial charge is 0.380 e. The number of amides is 2. The smallest absolute Gasteiger partial charge is 0.319 e. The summed E-state index contributed by atoms with van der Waals surface area (Å²) in [5.74, 6) is 0. The monoisotopic (exact) mass is 267 g/mol. The maximum absolute atomic E-state index is 11.5. The Morgan fingerprint density at radius 2 is 1.53 bits per heavy atom. The Labute approximate surface area is 112 Å². The highest BCUT2D eigenvalue weighted by Crippen LogP contribution is 2.14. The molecule has 0 unspecified atom stereocenters. The van der Waals surface area contributed by atoms with Crippen LogP contribution in [0.25, 0.3) is 0 Å². The van der Waals surface area contributed by atoms with Crippen LogP contribution in [0.2, 0.25) is 0 Å². The summed E-state index contributed by atoms with van der Waals surface area (Å²) in [6.45, 7) is 5.22. The number of unbranched alkanes of at least 4 members (excludes halogenated alkanes) is 2. The number of hydrogen-bond donors (Lipinski definition) is 3. The van der Waals surface area contributed by atoms with Crippen molar-refractivity contribution >= 4 is 17.4 Å². The molecule has 0 aliphatic heterocycles. The molecule has 0 aliphatic rings. The van der Waals surface area contributed by atoms with Crippen LogP contribution in [-0.2, 0) is 0 Å². The van der Waals surface area contributed by atoms with Crippen molar-refractivity contribution < 1.29 is 4.79 Å². The number of rotatable bonds is 8. The van der Waals surface area contributed by atoms with E-state index in [4.69, 9.17) is 0 Å². The van der Waals surface area contributed by atoms with Gasteiger partial charge in [0.1, 0.15) is 11.4 Å². The Bertz CT molecular complexity index is 489. The van der Waals surface area contributed by atoms with Crippen molar-refractivity contribution in [1.29, 1.82) is 0 Å². The lowest BCUT2D eigenvalue weighted by Crippen LogP contribution is -2.41. The predicted molar refractivity (Wildman–Crippen MR) is 76.7 cm³/mol. The molecule has 6 nitrogen and oxygen atoms in total. The molecule has 0 saturated heterocycles. The van der Waals surface area contributed by atoms with Crippen molar-refractivity contribution in [2.24, 2.45) is 0 Å². The molecular formula is C13H21N3O3. The van der Waals surface area contributed by atoms with Crippen molar-refractivity contribution in [3.63, 3.8) is 0 Å². The molecule has 0 fully saturated rings. The summed E-state index contributed by atoms with van der Waals surface area (Å²) in [5, 5.41) is 7.95. The molecule has 0 aromatic heterocycles. The third-order valence-electron chi connectivity index (χ3n) is 2.80. The van der Waals surface area contributed by atoms with Crippen molar-refractivity contribution in [3.8, 4) is 0 Å². The zero-order valence-corrected chi connectivity index (χ0v) is 11.5. The van der Waals surface area contributed by atoms with Crippen molar-refractivity contribution in [2.45, 2.75) is 39.5 Å². The van der Waals surface area contributed by atoms with Gasteiger partial charge in [-0.05, 0) is 12.8 Å². The number of anilines is 2. The zero-order valence-electron chi connectivity index (χ0n) is 11.5. The minimum absolute atomic E-state index is 0.0788. The highest BCUT2D eigenvalue weighted by Gasteiger charge is 2.21. The first-order valence-electron chi connectivity index (χ1n) is 6.73. The molecule has 2 amide bonds. The number of carbonyl (C=O) groups is 1. The third kappa shape index (κ3) is 4.08. The molecule has 3 N–H and O–H groups in total. The van der Waals surface area contributed by atoms with Crippen LogP contribution < -0.4 is 26.8 Å². The lowest BCUT2D eigenvalue weighted by Gasteiger charge is -2.14. The van der Waals surface area contributed by atoms with Gasteiger partial charge in [-0.1, -0.05) is 26.7 Å². The molecule has 1 aromatic rings. The average Bonchev–Trinajstić information content (AvgIpc) is 2.41. The molecule has 0 bridgehead atoms.